The minimum absolute atomic E-state index is 0.156. The maximum atomic E-state index is 13.4. The van der Waals surface area contributed by atoms with Gasteiger partial charge in [0, 0.05) is 63.9 Å². The van der Waals surface area contributed by atoms with E-state index >= 15 is 0 Å². The van der Waals surface area contributed by atoms with Gasteiger partial charge in [-0.05, 0) is 136 Å². The number of alkyl halides is 6. The SMILES string of the molecule is Cc1cc(N2C[C@H]3CC[C@@H](C2)C3Cc2nc3n(n2)CCCC[C@@H]3c2cccc(C(F)(F)F)c2)cnn1.Cc1cc(N2C[C@H]3CC[C@@H](C2)C3Cc2nc3n(n2)CCCC[C@H]3c2cccc(C(F)(F)F)c2)cnn1. The van der Waals surface area contributed by atoms with Crippen LogP contribution in [0.1, 0.15) is 133 Å². The zero-order valence-electron chi connectivity index (χ0n) is 40.9. The molecule has 12 nitrogen and oxygen atoms in total. The van der Waals surface area contributed by atoms with Gasteiger partial charge in [-0.25, -0.2) is 19.3 Å². The molecule has 0 radical (unpaired) electrons. The first-order valence-electron chi connectivity index (χ1n) is 26.0. The van der Waals surface area contributed by atoms with E-state index in [0.717, 1.165) is 149 Å². The lowest BCUT2D eigenvalue weighted by molar-refractivity contribution is -0.138. The van der Waals surface area contributed by atoms with Crippen LogP contribution in [0.15, 0.2) is 73.1 Å². The van der Waals surface area contributed by atoms with E-state index < -0.39 is 23.5 Å². The molecule has 380 valence electrons. The highest BCUT2D eigenvalue weighted by Crippen LogP contribution is 2.47. The molecular weight excluding hydrogens is 931 g/mol. The fourth-order valence-electron chi connectivity index (χ4n) is 13.2. The molecule has 4 fully saturated rings. The number of piperidine rings is 2. The van der Waals surface area contributed by atoms with E-state index in [0.29, 0.717) is 46.6 Å². The molecule has 18 heteroatoms. The summed E-state index contributed by atoms with van der Waals surface area (Å²) in [5.41, 5.74) is 4.32. The van der Waals surface area contributed by atoms with E-state index in [-0.39, 0.29) is 11.8 Å². The number of benzene rings is 2. The van der Waals surface area contributed by atoms with Gasteiger partial charge in [0.05, 0.1) is 46.3 Å². The third kappa shape index (κ3) is 10.2. The Hall–Kier alpha value is -5.94. The first kappa shape index (κ1) is 48.3. The second-order valence-electron chi connectivity index (χ2n) is 21.4. The summed E-state index contributed by atoms with van der Waals surface area (Å²) >= 11 is 0. The molecule has 2 aliphatic carbocycles. The number of anilines is 2. The zero-order chi connectivity index (χ0) is 49.7. The van der Waals surface area contributed by atoms with Gasteiger partial charge in [0.25, 0.3) is 0 Å². The Kier molecular flexibility index (Phi) is 13.3. The quantitative estimate of drug-likeness (QED) is 0.136. The van der Waals surface area contributed by atoms with Crippen molar-refractivity contribution in [3.05, 3.63) is 130 Å². The summed E-state index contributed by atoms with van der Waals surface area (Å²) < 4.78 is 84.1. The predicted molar refractivity (Wildman–Crippen MR) is 259 cm³/mol. The van der Waals surface area contributed by atoms with E-state index in [1.807, 2.05) is 35.6 Å². The van der Waals surface area contributed by atoms with Gasteiger partial charge in [-0.15, -0.1) is 0 Å². The van der Waals surface area contributed by atoms with Crippen molar-refractivity contribution < 1.29 is 26.3 Å². The van der Waals surface area contributed by atoms with Gasteiger partial charge in [-0.1, -0.05) is 49.2 Å². The molecule has 2 saturated carbocycles. The van der Waals surface area contributed by atoms with Crippen LogP contribution in [-0.2, 0) is 38.3 Å². The maximum absolute atomic E-state index is 13.4. The van der Waals surface area contributed by atoms with Crippen molar-refractivity contribution in [3.63, 3.8) is 0 Å². The Balaban J connectivity index is 0.000000156. The highest BCUT2D eigenvalue weighted by atomic mass is 19.4. The van der Waals surface area contributed by atoms with Crippen molar-refractivity contribution in [1.29, 1.82) is 0 Å². The van der Waals surface area contributed by atoms with Crippen LogP contribution < -0.4 is 9.80 Å². The average Bonchev–Trinajstić information content (AvgIpc) is 3.96. The summed E-state index contributed by atoms with van der Waals surface area (Å²) in [6, 6.07) is 15.7. The topological polar surface area (TPSA) is 119 Å². The lowest BCUT2D eigenvalue weighted by Gasteiger charge is -2.39. The molecule has 4 aliphatic heterocycles. The molecular formula is C54H62F6N12. The molecule has 12 rings (SSSR count). The molecule has 4 aromatic heterocycles. The lowest BCUT2D eigenvalue weighted by Crippen LogP contribution is -2.43. The summed E-state index contributed by atoms with van der Waals surface area (Å²) in [6.07, 6.45) is 6.97. The standard InChI is InChI=1S/2C27H31F3N6/c2*1-17-11-22(14-31-33-17)35-15-19-8-9-20(16-35)24(19)13-25-32-26-23(7-2-3-10-36(26)34-25)18-5-4-6-21(12-18)27(28,29)30/h2*4-6,11-12,14,19-20,23-24H,2-3,7-10,13,15-16H2,1H3/t2*19-,20+,23-,24?/m10/s1. The maximum Gasteiger partial charge on any atom is 0.416 e. The van der Waals surface area contributed by atoms with Crippen molar-refractivity contribution in [2.45, 2.75) is 128 Å². The monoisotopic (exact) mass is 993 g/mol. The molecule has 6 aliphatic rings. The van der Waals surface area contributed by atoms with Crippen LogP contribution in [-0.4, -0.2) is 76.1 Å². The molecule has 2 saturated heterocycles. The van der Waals surface area contributed by atoms with E-state index in [1.165, 1.54) is 49.9 Å². The molecule has 8 atom stereocenters. The van der Waals surface area contributed by atoms with Gasteiger partial charge in [0.15, 0.2) is 11.6 Å². The second-order valence-corrected chi connectivity index (χ2v) is 21.4. The smallest absolute Gasteiger partial charge is 0.370 e. The Bertz CT molecular complexity index is 2640. The van der Waals surface area contributed by atoms with Crippen molar-refractivity contribution in [1.82, 2.24) is 49.9 Å². The van der Waals surface area contributed by atoms with E-state index in [1.54, 1.807) is 12.1 Å². The van der Waals surface area contributed by atoms with Crippen LogP contribution >= 0.6 is 0 Å². The number of halogens is 6. The van der Waals surface area contributed by atoms with Gasteiger partial charge < -0.3 is 9.80 Å². The molecule has 8 heterocycles. The predicted octanol–water partition coefficient (Wildman–Crippen LogP) is 10.8. The van der Waals surface area contributed by atoms with Gasteiger partial charge in [0.2, 0.25) is 0 Å². The van der Waals surface area contributed by atoms with Crippen LogP contribution in [0.25, 0.3) is 0 Å². The summed E-state index contributed by atoms with van der Waals surface area (Å²) in [4.78, 5) is 14.8. The fourth-order valence-corrected chi connectivity index (χ4v) is 13.2. The van der Waals surface area contributed by atoms with Crippen LogP contribution in [0.2, 0.25) is 0 Å². The molecule has 0 spiro atoms. The summed E-state index contributed by atoms with van der Waals surface area (Å²) in [7, 11) is 0. The molecule has 0 N–H and O–H groups in total. The molecule has 0 amide bonds. The largest absolute Gasteiger partial charge is 0.416 e. The number of rotatable bonds is 8. The third-order valence-electron chi connectivity index (χ3n) is 16.7. The van der Waals surface area contributed by atoms with Gasteiger partial charge >= 0.3 is 12.4 Å². The van der Waals surface area contributed by atoms with Crippen LogP contribution in [0, 0.1) is 49.4 Å². The summed E-state index contributed by atoms with van der Waals surface area (Å²) in [5, 5.41) is 26.2. The second kappa shape index (κ2) is 19.8. The Morgan fingerprint density at radius 1 is 0.514 bits per heavy atom. The van der Waals surface area contributed by atoms with Crippen LogP contribution in [0.3, 0.4) is 0 Å². The minimum atomic E-state index is -4.35. The Morgan fingerprint density at radius 3 is 1.29 bits per heavy atom. The first-order valence-corrected chi connectivity index (χ1v) is 26.0. The highest BCUT2D eigenvalue weighted by Gasteiger charge is 2.45. The zero-order valence-corrected chi connectivity index (χ0v) is 40.9. The van der Waals surface area contributed by atoms with Crippen molar-refractivity contribution >= 4 is 11.4 Å². The number of hydrogen-bond acceptors (Lipinski definition) is 10. The van der Waals surface area contributed by atoms with Gasteiger partial charge in [-0.3, -0.25) is 0 Å². The highest BCUT2D eigenvalue weighted by molar-refractivity contribution is 5.47. The molecule has 2 unspecified atom stereocenters. The van der Waals surface area contributed by atoms with Gasteiger partial charge in [0.1, 0.15) is 11.6 Å². The van der Waals surface area contributed by atoms with Crippen molar-refractivity contribution in [2.24, 2.45) is 35.5 Å². The average molecular weight is 993 g/mol. The Morgan fingerprint density at radius 2 is 0.917 bits per heavy atom. The van der Waals surface area contributed by atoms with Crippen molar-refractivity contribution in [2.75, 3.05) is 36.0 Å². The van der Waals surface area contributed by atoms with E-state index in [4.69, 9.17) is 20.2 Å². The number of aromatic nitrogens is 10. The summed E-state index contributed by atoms with van der Waals surface area (Å²) in [6.45, 7) is 9.52. The third-order valence-corrected chi connectivity index (χ3v) is 16.7. The lowest BCUT2D eigenvalue weighted by atomic mass is 9.82. The van der Waals surface area contributed by atoms with Gasteiger partial charge in [-0.2, -0.15) is 56.9 Å². The first-order chi connectivity index (χ1) is 34.7. The van der Waals surface area contributed by atoms with Crippen LogP contribution in [0.4, 0.5) is 37.7 Å². The normalized spacial score (nSPS) is 26.1. The number of nitrogens with zero attached hydrogens (tertiary/aromatic N) is 12. The fraction of sp³-hybridized carbons (Fsp3) is 0.556. The molecule has 6 aromatic rings. The van der Waals surface area contributed by atoms with Crippen LogP contribution in [0.5, 0.6) is 0 Å². The van der Waals surface area contributed by atoms with E-state index in [2.05, 4.69) is 42.3 Å². The number of hydrogen-bond donors (Lipinski definition) is 0. The Labute approximate surface area is 416 Å². The summed E-state index contributed by atoms with van der Waals surface area (Å²) in [5.74, 6) is 6.44. The minimum Gasteiger partial charge on any atom is -0.370 e. The molecule has 4 bridgehead atoms. The molecule has 72 heavy (non-hydrogen) atoms. The number of fused-ring (bicyclic) bond motifs is 6. The number of aryl methyl sites for hydroxylation is 4. The van der Waals surface area contributed by atoms with Crippen molar-refractivity contribution in [3.8, 4) is 0 Å². The van der Waals surface area contributed by atoms with E-state index in [9.17, 15) is 26.3 Å². The molecule has 2 aromatic carbocycles.